The quantitative estimate of drug-likeness (QED) is 0.752. The molecule has 2 aromatic heterocycles. The van der Waals surface area contributed by atoms with Gasteiger partial charge in [0.2, 0.25) is 0 Å². The molecule has 0 aliphatic heterocycles. The van der Waals surface area contributed by atoms with Gasteiger partial charge in [0.25, 0.3) is 5.91 Å². The molecule has 3 rings (SSSR count). The number of amides is 1. The molecule has 0 saturated heterocycles. The Morgan fingerprint density at radius 2 is 1.96 bits per heavy atom. The number of hydrogen-bond donors (Lipinski definition) is 1. The number of rotatable bonds is 6. The van der Waals surface area contributed by atoms with Crippen molar-refractivity contribution < 1.29 is 4.79 Å². The highest BCUT2D eigenvalue weighted by Gasteiger charge is 2.18. The third-order valence-corrected chi connectivity index (χ3v) is 3.80. The van der Waals surface area contributed by atoms with Crippen molar-refractivity contribution in [3.8, 4) is 11.3 Å². The van der Waals surface area contributed by atoms with Crippen LogP contribution in [0.25, 0.3) is 11.3 Å². The average molecular weight is 334 g/mol. The molecule has 0 saturated carbocycles. The zero-order chi connectivity index (χ0) is 17.6. The lowest BCUT2D eigenvalue weighted by molar-refractivity contribution is 0.0949. The minimum atomic E-state index is -0.105. The fourth-order valence-electron chi connectivity index (χ4n) is 2.55. The molecule has 0 radical (unpaired) electrons. The number of carbonyl (C=O) groups excluding carboxylic acids is 1. The molecule has 3 aromatic rings. The van der Waals surface area contributed by atoms with Gasteiger partial charge in [0.15, 0.2) is 0 Å². The van der Waals surface area contributed by atoms with Gasteiger partial charge < -0.3 is 5.32 Å². The zero-order valence-corrected chi connectivity index (χ0v) is 14.5. The molecule has 1 aromatic carbocycles. The van der Waals surface area contributed by atoms with E-state index < -0.39 is 0 Å². The normalized spacial score (nSPS) is 10.8. The van der Waals surface area contributed by atoms with E-state index in [9.17, 15) is 4.79 Å². The summed E-state index contributed by atoms with van der Waals surface area (Å²) in [4.78, 5) is 16.8. The van der Waals surface area contributed by atoms with Gasteiger partial charge in [-0.05, 0) is 23.6 Å². The summed E-state index contributed by atoms with van der Waals surface area (Å²) in [5.41, 5.74) is 3.20. The summed E-state index contributed by atoms with van der Waals surface area (Å²) < 4.78 is 1.81. The van der Waals surface area contributed by atoms with Crippen molar-refractivity contribution in [2.75, 3.05) is 6.54 Å². The van der Waals surface area contributed by atoms with Crippen LogP contribution >= 0.6 is 0 Å². The fraction of sp³-hybridized carbons (Fsp3) is 0.250. The smallest absolute Gasteiger partial charge is 0.255 e. The fourth-order valence-corrected chi connectivity index (χ4v) is 2.55. The van der Waals surface area contributed by atoms with Crippen LogP contribution in [0.5, 0.6) is 0 Å². The Balaban J connectivity index is 1.92. The van der Waals surface area contributed by atoms with Gasteiger partial charge in [-0.3, -0.25) is 14.5 Å². The minimum Gasteiger partial charge on any atom is -0.352 e. The summed E-state index contributed by atoms with van der Waals surface area (Å²) in [5.74, 6) is 0.289. The number of pyridine rings is 1. The lowest BCUT2D eigenvalue weighted by Gasteiger charge is -2.07. The highest BCUT2D eigenvalue weighted by Crippen LogP contribution is 2.21. The first-order valence-electron chi connectivity index (χ1n) is 8.43. The van der Waals surface area contributed by atoms with E-state index in [-0.39, 0.29) is 5.91 Å². The third-order valence-electron chi connectivity index (χ3n) is 3.80. The maximum Gasteiger partial charge on any atom is 0.255 e. The Kier molecular flexibility index (Phi) is 5.23. The first-order chi connectivity index (χ1) is 12.1. The molecule has 25 heavy (non-hydrogen) atoms. The number of nitrogens with one attached hydrogen (secondary N) is 1. The highest BCUT2D eigenvalue weighted by atomic mass is 16.1. The second kappa shape index (κ2) is 7.75. The average Bonchev–Trinajstić information content (AvgIpc) is 3.05. The van der Waals surface area contributed by atoms with Crippen molar-refractivity contribution in [3.05, 3.63) is 72.2 Å². The molecule has 0 aliphatic rings. The van der Waals surface area contributed by atoms with Crippen LogP contribution in [0.3, 0.4) is 0 Å². The number of aromatic nitrogens is 3. The van der Waals surface area contributed by atoms with E-state index in [4.69, 9.17) is 0 Å². The Hall–Kier alpha value is -2.95. The van der Waals surface area contributed by atoms with Crippen molar-refractivity contribution in [2.24, 2.45) is 5.92 Å². The van der Waals surface area contributed by atoms with E-state index in [1.54, 1.807) is 12.4 Å². The second-order valence-electron chi connectivity index (χ2n) is 6.42. The molecule has 2 heterocycles. The van der Waals surface area contributed by atoms with Gasteiger partial charge in [0.05, 0.1) is 12.1 Å². The number of carbonyl (C=O) groups is 1. The molecule has 1 N–H and O–H groups in total. The van der Waals surface area contributed by atoms with Crippen molar-refractivity contribution in [3.63, 3.8) is 0 Å². The Bertz CT molecular complexity index is 825. The number of hydrogen-bond acceptors (Lipinski definition) is 3. The summed E-state index contributed by atoms with van der Waals surface area (Å²) in [6, 6.07) is 13.8. The maximum absolute atomic E-state index is 12.6. The van der Waals surface area contributed by atoms with Crippen molar-refractivity contribution in [1.29, 1.82) is 0 Å². The first-order valence-corrected chi connectivity index (χ1v) is 8.43. The maximum atomic E-state index is 12.6. The Morgan fingerprint density at radius 1 is 1.16 bits per heavy atom. The summed E-state index contributed by atoms with van der Waals surface area (Å²) in [6.45, 7) is 5.39. The van der Waals surface area contributed by atoms with E-state index in [1.165, 1.54) is 0 Å². The molecule has 0 atom stereocenters. The van der Waals surface area contributed by atoms with Gasteiger partial charge in [0, 0.05) is 30.7 Å². The predicted molar refractivity (Wildman–Crippen MR) is 98.2 cm³/mol. The summed E-state index contributed by atoms with van der Waals surface area (Å²) >= 11 is 0. The topological polar surface area (TPSA) is 59.8 Å². The molecular formula is C20H22N4O. The van der Waals surface area contributed by atoms with Gasteiger partial charge in [-0.2, -0.15) is 5.10 Å². The van der Waals surface area contributed by atoms with Crippen LogP contribution in [-0.2, 0) is 6.54 Å². The van der Waals surface area contributed by atoms with Gasteiger partial charge in [-0.25, -0.2) is 0 Å². The lowest BCUT2D eigenvalue weighted by atomic mass is 10.1. The van der Waals surface area contributed by atoms with Crippen LogP contribution in [0.4, 0.5) is 0 Å². The summed E-state index contributed by atoms with van der Waals surface area (Å²) in [6.07, 6.45) is 5.25. The predicted octanol–water partition coefficient (Wildman–Crippen LogP) is 3.38. The van der Waals surface area contributed by atoms with E-state index >= 15 is 0 Å². The molecular weight excluding hydrogens is 312 g/mol. The molecule has 0 fully saturated rings. The van der Waals surface area contributed by atoms with Crippen molar-refractivity contribution in [1.82, 2.24) is 20.1 Å². The first kappa shape index (κ1) is 16.9. The molecule has 0 bridgehead atoms. The van der Waals surface area contributed by atoms with Crippen LogP contribution < -0.4 is 5.32 Å². The van der Waals surface area contributed by atoms with Gasteiger partial charge in [-0.1, -0.05) is 44.2 Å². The molecule has 1 amide bonds. The van der Waals surface area contributed by atoms with E-state index in [2.05, 4.69) is 29.2 Å². The van der Waals surface area contributed by atoms with Gasteiger partial charge in [0.1, 0.15) is 5.69 Å². The molecule has 0 aliphatic carbocycles. The zero-order valence-electron chi connectivity index (χ0n) is 14.5. The van der Waals surface area contributed by atoms with Gasteiger partial charge in [-0.15, -0.1) is 0 Å². The Morgan fingerprint density at radius 3 is 2.64 bits per heavy atom. The molecule has 5 nitrogen and oxygen atoms in total. The van der Waals surface area contributed by atoms with Gasteiger partial charge >= 0.3 is 0 Å². The standard InChI is InChI=1S/C20H22N4O/c1-15(2)11-22-20(25)18-14-24(13-16-7-4-3-5-8-16)23-19(18)17-9-6-10-21-12-17/h3-10,12,14-15H,11,13H2,1-2H3,(H,22,25). The van der Waals surface area contributed by atoms with E-state index in [0.717, 1.165) is 11.1 Å². The molecule has 5 heteroatoms. The van der Waals surface area contributed by atoms with Crippen LogP contribution in [0.15, 0.2) is 61.1 Å². The SMILES string of the molecule is CC(C)CNC(=O)c1cn(Cc2ccccc2)nc1-c1cccnc1. The third kappa shape index (κ3) is 4.32. The van der Waals surface area contributed by atoms with Crippen LogP contribution in [-0.4, -0.2) is 27.2 Å². The molecule has 0 spiro atoms. The lowest BCUT2D eigenvalue weighted by Crippen LogP contribution is -2.27. The molecule has 128 valence electrons. The minimum absolute atomic E-state index is 0.105. The number of nitrogens with zero attached hydrogens (tertiary/aromatic N) is 3. The largest absolute Gasteiger partial charge is 0.352 e. The second-order valence-corrected chi connectivity index (χ2v) is 6.42. The summed E-state index contributed by atoms with van der Waals surface area (Å²) in [5, 5.41) is 7.61. The van der Waals surface area contributed by atoms with Crippen LogP contribution in [0.2, 0.25) is 0 Å². The number of benzene rings is 1. The van der Waals surface area contributed by atoms with Crippen LogP contribution in [0, 0.1) is 5.92 Å². The highest BCUT2D eigenvalue weighted by molar-refractivity contribution is 5.99. The van der Waals surface area contributed by atoms with Crippen molar-refractivity contribution >= 4 is 5.91 Å². The monoisotopic (exact) mass is 334 g/mol. The Labute approximate surface area is 147 Å². The van der Waals surface area contributed by atoms with Crippen LogP contribution in [0.1, 0.15) is 29.8 Å². The summed E-state index contributed by atoms with van der Waals surface area (Å²) in [7, 11) is 0. The van der Waals surface area contributed by atoms with E-state index in [0.29, 0.717) is 30.3 Å². The van der Waals surface area contributed by atoms with Crippen molar-refractivity contribution in [2.45, 2.75) is 20.4 Å². The van der Waals surface area contributed by atoms with E-state index in [1.807, 2.05) is 53.3 Å². The molecule has 0 unspecified atom stereocenters.